The fourth-order valence-electron chi connectivity index (χ4n) is 2.47. The zero-order chi connectivity index (χ0) is 13.5. The summed E-state index contributed by atoms with van der Waals surface area (Å²) in [5.41, 5.74) is 7.30. The smallest absolute Gasteiger partial charge is 0.341 e. The van der Waals surface area contributed by atoms with Gasteiger partial charge in [-0.3, -0.25) is 0 Å². The molecule has 1 aliphatic carbocycles. The average Bonchev–Trinajstić information content (AvgIpc) is 2.53. The monoisotopic (exact) mass is 267 g/mol. The molecule has 1 aromatic rings. The van der Waals surface area contributed by atoms with E-state index >= 15 is 0 Å². The normalized spacial score (nSPS) is 19.4. The molecule has 18 heavy (non-hydrogen) atoms. The number of nitrogen functional groups attached to an aromatic ring is 1. The maximum absolute atomic E-state index is 12.3. The molecule has 0 amide bonds. The Morgan fingerprint density at radius 1 is 1.44 bits per heavy atom. The number of fused-ring (bicyclic) bond motifs is 1. The predicted molar refractivity (Wildman–Crippen MR) is 75.3 cm³/mol. The number of nitrogens with two attached hydrogens (primary N) is 1. The summed E-state index contributed by atoms with van der Waals surface area (Å²) < 4.78 is 5.47. The van der Waals surface area contributed by atoms with Crippen LogP contribution in [0.5, 0.6) is 0 Å². The van der Waals surface area contributed by atoms with Crippen LogP contribution in [0, 0.1) is 0 Å². The van der Waals surface area contributed by atoms with E-state index < -0.39 is 5.60 Å². The molecule has 0 bridgehead atoms. The van der Waals surface area contributed by atoms with Gasteiger partial charge in [-0.25, -0.2) is 4.79 Å². The van der Waals surface area contributed by atoms with E-state index in [2.05, 4.69) is 6.92 Å². The number of carbonyl (C=O) groups is 1. The van der Waals surface area contributed by atoms with E-state index in [0.717, 1.165) is 18.4 Å². The molecule has 1 atom stereocenters. The van der Waals surface area contributed by atoms with Gasteiger partial charge in [-0.2, -0.15) is 0 Å². The zero-order valence-electron chi connectivity index (χ0n) is 11.5. The molecule has 0 saturated carbocycles. The predicted octanol–water partition coefficient (Wildman–Crippen LogP) is 3.73. The summed E-state index contributed by atoms with van der Waals surface area (Å²) >= 11 is 1.55. The van der Waals surface area contributed by atoms with Crippen molar-refractivity contribution in [3.63, 3.8) is 0 Å². The molecule has 100 valence electrons. The largest absolute Gasteiger partial charge is 0.456 e. The molecule has 0 spiro atoms. The van der Waals surface area contributed by atoms with Gasteiger partial charge in [0.2, 0.25) is 0 Å². The van der Waals surface area contributed by atoms with Gasteiger partial charge in [0.15, 0.2) is 0 Å². The number of thiophene rings is 1. The molecule has 0 aromatic carbocycles. The molecular formula is C14H21NO2S. The number of hydrogen-bond acceptors (Lipinski definition) is 4. The summed E-state index contributed by atoms with van der Waals surface area (Å²) in [7, 11) is 0. The Morgan fingerprint density at radius 2 is 2.11 bits per heavy atom. The minimum atomic E-state index is -0.476. The van der Waals surface area contributed by atoms with Crippen molar-refractivity contribution in [3.05, 3.63) is 16.0 Å². The van der Waals surface area contributed by atoms with Gasteiger partial charge in [0, 0.05) is 4.88 Å². The quantitative estimate of drug-likeness (QED) is 0.789. The molecule has 1 unspecified atom stereocenters. The molecule has 1 aliphatic rings. The van der Waals surface area contributed by atoms with Crippen LogP contribution in [0.3, 0.4) is 0 Å². The van der Waals surface area contributed by atoms with E-state index in [9.17, 15) is 4.79 Å². The van der Waals surface area contributed by atoms with E-state index in [1.807, 2.05) is 20.8 Å². The third kappa shape index (κ3) is 2.53. The Morgan fingerprint density at radius 3 is 2.72 bits per heavy atom. The van der Waals surface area contributed by atoms with Crippen molar-refractivity contribution < 1.29 is 9.53 Å². The van der Waals surface area contributed by atoms with E-state index in [4.69, 9.17) is 10.5 Å². The minimum Gasteiger partial charge on any atom is -0.456 e. The van der Waals surface area contributed by atoms with Gasteiger partial charge in [-0.05, 0) is 51.5 Å². The summed E-state index contributed by atoms with van der Waals surface area (Å²) in [6.07, 6.45) is 3.35. The lowest BCUT2D eigenvalue weighted by Gasteiger charge is -2.23. The Labute approximate surface area is 112 Å². The Balaban J connectivity index is 2.39. The highest BCUT2D eigenvalue weighted by Gasteiger charge is 2.30. The van der Waals surface area contributed by atoms with Crippen molar-refractivity contribution in [2.75, 3.05) is 5.73 Å². The molecule has 0 fully saturated rings. The van der Waals surface area contributed by atoms with Crippen molar-refractivity contribution in [2.45, 2.75) is 58.5 Å². The van der Waals surface area contributed by atoms with Gasteiger partial charge < -0.3 is 10.5 Å². The first kappa shape index (κ1) is 13.4. The fourth-order valence-corrected chi connectivity index (χ4v) is 3.69. The first-order chi connectivity index (χ1) is 8.29. The summed E-state index contributed by atoms with van der Waals surface area (Å²) in [6.45, 7) is 7.80. The molecule has 3 nitrogen and oxygen atoms in total. The molecule has 1 heterocycles. The number of aryl methyl sites for hydroxylation is 1. The van der Waals surface area contributed by atoms with Crippen LogP contribution < -0.4 is 5.73 Å². The van der Waals surface area contributed by atoms with Crippen molar-refractivity contribution >= 4 is 22.3 Å². The van der Waals surface area contributed by atoms with Gasteiger partial charge in [-0.1, -0.05) is 6.92 Å². The van der Waals surface area contributed by atoms with Crippen LogP contribution in [-0.2, 0) is 11.2 Å². The molecule has 0 radical (unpaired) electrons. The number of rotatable bonds is 1. The second-order valence-electron chi connectivity index (χ2n) is 5.97. The highest BCUT2D eigenvalue weighted by atomic mass is 32.1. The fraction of sp³-hybridized carbons (Fsp3) is 0.643. The van der Waals surface area contributed by atoms with Gasteiger partial charge in [-0.15, -0.1) is 11.3 Å². The van der Waals surface area contributed by atoms with Gasteiger partial charge in [0.1, 0.15) is 10.6 Å². The highest BCUT2D eigenvalue weighted by Crippen LogP contribution is 2.42. The van der Waals surface area contributed by atoms with E-state index in [1.165, 1.54) is 11.3 Å². The number of esters is 1. The summed E-state index contributed by atoms with van der Waals surface area (Å²) in [5.74, 6) is 0.135. The lowest BCUT2D eigenvalue weighted by Crippen LogP contribution is -2.25. The van der Waals surface area contributed by atoms with Crippen LogP contribution in [0.25, 0.3) is 0 Å². The van der Waals surface area contributed by atoms with Crippen LogP contribution in [0.1, 0.15) is 67.3 Å². The summed E-state index contributed by atoms with van der Waals surface area (Å²) in [4.78, 5) is 13.5. The minimum absolute atomic E-state index is 0.272. The van der Waals surface area contributed by atoms with Gasteiger partial charge in [0.05, 0.1) is 5.56 Å². The number of carbonyl (C=O) groups excluding carboxylic acids is 1. The molecule has 0 aliphatic heterocycles. The molecular weight excluding hydrogens is 246 g/mol. The van der Waals surface area contributed by atoms with Crippen LogP contribution in [-0.4, -0.2) is 11.6 Å². The van der Waals surface area contributed by atoms with Crippen molar-refractivity contribution in [1.29, 1.82) is 0 Å². The van der Waals surface area contributed by atoms with Crippen LogP contribution in [0.2, 0.25) is 0 Å². The van der Waals surface area contributed by atoms with Gasteiger partial charge >= 0.3 is 5.97 Å². The van der Waals surface area contributed by atoms with E-state index in [-0.39, 0.29) is 5.97 Å². The summed E-state index contributed by atoms with van der Waals surface area (Å²) in [6, 6.07) is 0. The van der Waals surface area contributed by atoms with E-state index in [1.54, 1.807) is 11.3 Å². The Bertz CT molecular complexity index is 471. The highest BCUT2D eigenvalue weighted by molar-refractivity contribution is 7.16. The topological polar surface area (TPSA) is 52.3 Å². The number of anilines is 1. The number of ether oxygens (including phenoxy) is 1. The Kier molecular flexibility index (Phi) is 3.41. The summed E-state index contributed by atoms with van der Waals surface area (Å²) in [5, 5.41) is 0.614. The zero-order valence-corrected chi connectivity index (χ0v) is 12.3. The maximum Gasteiger partial charge on any atom is 0.341 e. The standard InChI is InChI=1S/C14H21NO2S/c1-8-6-5-7-9-10(8)11(12(15)18-9)13(16)17-14(2,3)4/h8H,5-7,15H2,1-4H3. The molecule has 2 rings (SSSR count). The van der Waals surface area contributed by atoms with Gasteiger partial charge in [0.25, 0.3) is 0 Å². The first-order valence-electron chi connectivity index (χ1n) is 6.44. The van der Waals surface area contributed by atoms with E-state index in [0.29, 0.717) is 16.5 Å². The van der Waals surface area contributed by atoms with Crippen LogP contribution in [0.4, 0.5) is 5.00 Å². The molecule has 0 saturated heterocycles. The molecule has 2 N–H and O–H groups in total. The lowest BCUT2D eigenvalue weighted by atomic mass is 9.86. The third-order valence-corrected chi connectivity index (χ3v) is 4.28. The molecule has 1 aromatic heterocycles. The molecule has 4 heteroatoms. The SMILES string of the molecule is CC1CCCc2sc(N)c(C(=O)OC(C)(C)C)c21. The van der Waals surface area contributed by atoms with Crippen molar-refractivity contribution in [3.8, 4) is 0 Å². The third-order valence-electron chi connectivity index (χ3n) is 3.19. The van der Waals surface area contributed by atoms with Crippen molar-refractivity contribution in [1.82, 2.24) is 0 Å². The maximum atomic E-state index is 12.3. The second kappa shape index (κ2) is 4.57. The van der Waals surface area contributed by atoms with Crippen molar-refractivity contribution in [2.24, 2.45) is 0 Å². The first-order valence-corrected chi connectivity index (χ1v) is 7.25. The Hall–Kier alpha value is -1.03. The second-order valence-corrected chi connectivity index (χ2v) is 7.11. The average molecular weight is 267 g/mol. The number of hydrogen-bond donors (Lipinski definition) is 1. The lowest BCUT2D eigenvalue weighted by molar-refractivity contribution is 0.00694. The van der Waals surface area contributed by atoms with Crippen LogP contribution >= 0.6 is 11.3 Å². The van der Waals surface area contributed by atoms with Crippen LogP contribution in [0.15, 0.2) is 0 Å².